The molecule has 0 radical (unpaired) electrons. The van der Waals surface area contributed by atoms with Crippen LogP contribution in [0.25, 0.3) is 4.96 Å². The molecule has 0 saturated carbocycles. The highest BCUT2D eigenvalue weighted by molar-refractivity contribution is 7.16. The number of fused-ring (bicyclic) bond motifs is 1. The summed E-state index contributed by atoms with van der Waals surface area (Å²) in [5.41, 5.74) is -0.0997. The zero-order chi connectivity index (χ0) is 14.0. The maximum Gasteiger partial charge on any atom is 0.234 e. The number of rotatable bonds is 5. The molecule has 106 valence electrons. The molecule has 0 aliphatic rings. The summed E-state index contributed by atoms with van der Waals surface area (Å²) in [6.07, 6.45) is -0.422. The van der Waals surface area contributed by atoms with Crippen LogP contribution in [0, 0.1) is 0 Å². The Morgan fingerprint density at radius 3 is 2.32 bits per heavy atom. The lowest BCUT2D eigenvalue weighted by Crippen LogP contribution is -2.17. The molecule has 6 nitrogen and oxygen atoms in total. The minimum atomic E-state index is -0.422. The summed E-state index contributed by atoms with van der Waals surface area (Å²) >= 11 is 1.45. The van der Waals surface area contributed by atoms with Gasteiger partial charge in [-0.05, 0) is 13.8 Å². The Balaban J connectivity index is 2.38. The Hall–Kier alpha value is -1.05. The molecule has 0 bridgehead atoms. The fraction of sp³-hybridized carbons (Fsp3) is 0.750. The van der Waals surface area contributed by atoms with Crippen molar-refractivity contribution in [3.05, 3.63) is 10.8 Å². The minimum absolute atomic E-state index is 0.0997. The minimum Gasteiger partial charge on any atom is -0.347 e. The van der Waals surface area contributed by atoms with E-state index in [0.717, 1.165) is 15.8 Å². The van der Waals surface area contributed by atoms with Crippen LogP contribution < -0.4 is 0 Å². The average molecular weight is 284 g/mol. The molecule has 0 fully saturated rings. The van der Waals surface area contributed by atoms with Gasteiger partial charge in [-0.2, -0.15) is 9.61 Å². The van der Waals surface area contributed by atoms with Crippen LogP contribution in [0.2, 0.25) is 0 Å². The summed E-state index contributed by atoms with van der Waals surface area (Å²) in [6, 6.07) is 0. The molecule has 0 amide bonds. The highest BCUT2D eigenvalue weighted by atomic mass is 32.1. The van der Waals surface area contributed by atoms with Crippen molar-refractivity contribution < 1.29 is 9.47 Å². The van der Waals surface area contributed by atoms with Crippen molar-refractivity contribution in [1.29, 1.82) is 0 Å². The Bertz CT molecular complexity index is 537. The van der Waals surface area contributed by atoms with Crippen LogP contribution >= 0.6 is 11.3 Å². The summed E-state index contributed by atoms with van der Waals surface area (Å²) in [5.74, 6) is 0.844. The van der Waals surface area contributed by atoms with Crippen LogP contribution in [-0.2, 0) is 14.9 Å². The molecule has 2 heterocycles. The molecule has 0 aliphatic heterocycles. The third-order valence-electron chi connectivity index (χ3n) is 2.52. The van der Waals surface area contributed by atoms with E-state index in [1.807, 2.05) is 13.8 Å². The Morgan fingerprint density at radius 2 is 1.79 bits per heavy atom. The van der Waals surface area contributed by atoms with Crippen molar-refractivity contribution >= 4 is 16.3 Å². The van der Waals surface area contributed by atoms with Crippen molar-refractivity contribution in [3.8, 4) is 0 Å². The Labute approximate surface area is 116 Å². The highest BCUT2D eigenvalue weighted by Gasteiger charge is 2.25. The maximum absolute atomic E-state index is 5.56. The SMILES string of the molecule is CCOC(OCC)c1nn2c(C(C)(C)C)nnc2s1. The first kappa shape index (κ1) is 14.4. The van der Waals surface area contributed by atoms with Crippen LogP contribution in [0.3, 0.4) is 0 Å². The quantitative estimate of drug-likeness (QED) is 0.790. The molecular weight excluding hydrogens is 264 g/mol. The standard InChI is InChI=1S/C12H20N4O2S/c1-6-17-9(18-7-2)8-15-16-10(12(3,4)5)13-14-11(16)19-8/h9H,6-7H2,1-5H3. The van der Waals surface area contributed by atoms with E-state index in [4.69, 9.17) is 9.47 Å². The third kappa shape index (κ3) is 2.93. The lowest BCUT2D eigenvalue weighted by Gasteiger charge is -2.15. The second kappa shape index (κ2) is 5.52. The van der Waals surface area contributed by atoms with Gasteiger partial charge >= 0.3 is 0 Å². The highest BCUT2D eigenvalue weighted by Crippen LogP contribution is 2.27. The first-order chi connectivity index (χ1) is 8.97. The van der Waals surface area contributed by atoms with Crippen molar-refractivity contribution in [3.63, 3.8) is 0 Å². The molecule has 19 heavy (non-hydrogen) atoms. The number of hydrogen-bond donors (Lipinski definition) is 0. The van der Waals surface area contributed by atoms with Gasteiger partial charge in [0.1, 0.15) is 0 Å². The largest absolute Gasteiger partial charge is 0.347 e. The summed E-state index contributed by atoms with van der Waals surface area (Å²) in [7, 11) is 0. The zero-order valence-corrected chi connectivity index (χ0v) is 12.8. The average Bonchev–Trinajstić information content (AvgIpc) is 2.85. The molecule has 7 heteroatoms. The van der Waals surface area contributed by atoms with E-state index < -0.39 is 6.29 Å². The molecule has 2 aromatic rings. The van der Waals surface area contributed by atoms with E-state index in [2.05, 4.69) is 36.1 Å². The molecule has 0 aromatic carbocycles. The molecule has 0 N–H and O–H groups in total. The number of aromatic nitrogens is 4. The lowest BCUT2D eigenvalue weighted by molar-refractivity contribution is -0.140. The molecule has 2 aromatic heterocycles. The van der Waals surface area contributed by atoms with Crippen LogP contribution in [0.5, 0.6) is 0 Å². The van der Waals surface area contributed by atoms with Gasteiger partial charge in [-0.25, -0.2) is 0 Å². The van der Waals surface area contributed by atoms with Gasteiger partial charge in [-0.3, -0.25) is 0 Å². The van der Waals surface area contributed by atoms with Crippen molar-refractivity contribution in [2.45, 2.75) is 46.3 Å². The second-order valence-electron chi connectivity index (χ2n) is 5.15. The summed E-state index contributed by atoms with van der Waals surface area (Å²) in [5, 5.41) is 13.7. The summed E-state index contributed by atoms with van der Waals surface area (Å²) < 4.78 is 12.9. The predicted octanol–water partition coefficient (Wildman–Crippen LogP) is 2.55. The van der Waals surface area contributed by atoms with Gasteiger partial charge in [0.15, 0.2) is 10.8 Å². The molecule has 0 atom stereocenters. The number of nitrogens with zero attached hydrogens (tertiary/aromatic N) is 4. The smallest absolute Gasteiger partial charge is 0.234 e. The van der Waals surface area contributed by atoms with Crippen LogP contribution in [0.4, 0.5) is 0 Å². The Morgan fingerprint density at radius 1 is 1.16 bits per heavy atom. The van der Waals surface area contributed by atoms with Gasteiger partial charge in [0.05, 0.1) is 0 Å². The number of ether oxygens (including phenoxy) is 2. The van der Waals surface area contributed by atoms with Gasteiger partial charge in [0.25, 0.3) is 0 Å². The van der Waals surface area contributed by atoms with Crippen molar-refractivity contribution in [2.75, 3.05) is 13.2 Å². The predicted molar refractivity (Wildman–Crippen MR) is 73.4 cm³/mol. The summed E-state index contributed by atoms with van der Waals surface area (Å²) in [6.45, 7) is 11.3. The second-order valence-corrected chi connectivity index (χ2v) is 6.14. The van der Waals surface area contributed by atoms with E-state index in [0.29, 0.717) is 13.2 Å². The van der Waals surface area contributed by atoms with Crippen molar-refractivity contribution in [2.24, 2.45) is 0 Å². The number of hydrogen-bond acceptors (Lipinski definition) is 6. The third-order valence-corrected chi connectivity index (χ3v) is 3.44. The monoisotopic (exact) mass is 284 g/mol. The molecule has 0 spiro atoms. The Kier molecular flexibility index (Phi) is 4.17. The van der Waals surface area contributed by atoms with Crippen LogP contribution in [-0.4, -0.2) is 33.0 Å². The fourth-order valence-corrected chi connectivity index (χ4v) is 2.53. The van der Waals surface area contributed by atoms with E-state index in [1.165, 1.54) is 11.3 Å². The van der Waals surface area contributed by atoms with Crippen LogP contribution in [0.15, 0.2) is 0 Å². The first-order valence-electron chi connectivity index (χ1n) is 6.43. The van der Waals surface area contributed by atoms with Crippen LogP contribution in [0.1, 0.15) is 51.7 Å². The van der Waals surface area contributed by atoms with Crippen molar-refractivity contribution in [1.82, 2.24) is 19.8 Å². The van der Waals surface area contributed by atoms with Gasteiger partial charge in [-0.1, -0.05) is 32.1 Å². The zero-order valence-electron chi connectivity index (χ0n) is 12.0. The van der Waals surface area contributed by atoms with E-state index >= 15 is 0 Å². The molecular formula is C12H20N4O2S. The van der Waals surface area contributed by atoms with Gasteiger partial charge in [0.2, 0.25) is 11.3 Å². The summed E-state index contributed by atoms with van der Waals surface area (Å²) in [4.78, 5) is 0.768. The topological polar surface area (TPSA) is 61.5 Å². The molecule has 0 unspecified atom stereocenters. The first-order valence-corrected chi connectivity index (χ1v) is 7.24. The van der Waals surface area contributed by atoms with Gasteiger partial charge < -0.3 is 9.47 Å². The van der Waals surface area contributed by atoms with E-state index in [9.17, 15) is 0 Å². The maximum atomic E-state index is 5.56. The van der Waals surface area contributed by atoms with Gasteiger partial charge in [-0.15, -0.1) is 10.2 Å². The molecule has 2 rings (SSSR count). The van der Waals surface area contributed by atoms with Gasteiger partial charge in [0, 0.05) is 18.6 Å². The normalized spacial score (nSPS) is 12.7. The van der Waals surface area contributed by atoms with E-state index in [-0.39, 0.29) is 5.41 Å². The van der Waals surface area contributed by atoms with E-state index in [1.54, 1.807) is 4.52 Å². The molecule has 0 aliphatic carbocycles. The fourth-order valence-electron chi connectivity index (χ4n) is 1.69. The lowest BCUT2D eigenvalue weighted by atomic mass is 9.96. The molecule has 0 saturated heterocycles.